The average molecular weight is 336 g/mol. The van der Waals surface area contributed by atoms with E-state index in [1.54, 1.807) is 12.1 Å². The summed E-state index contributed by atoms with van der Waals surface area (Å²) in [4.78, 5) is 0. The Kier molecular flexibility index (Phi) is 5.69. The number of rotatable bonds is 6. The predicted molar refractivity (Wildman–Crippen MR) is 73.5 cm³/mol. The molecule has 0 amide bonds. The van der Waals surface area contributed by atoms with Crippen LogP contribution in [0, 0.1) is 5.82 Å². The average Bonchev–Trinajstić information content (AvgIpc) is 2.30. The quantitative estimate of drug-likeness (QED) is 0.428. The second kappa shape index (κ2) is 6.55. The van der Waals surface area contributed by atoms with E-state index in [2.05, 4.69) is 29.5 Å². The van der Waals surface area contributed by atoms with Crippen molar-refractivity contribution in [3.05, 3.63) is 35.6 Å². The van der Waals surface area contributed by atoms with E-state index in [0.29, 0.717) is 12.2 Å². The number of hydrogen-bond acceptors (Lipinski definition) is 1. The number of alkyl halides is 1. The first kappa shape index (κ1) is 13.9. The molecule has 0 bridgehead atoms. The summed E-state index contributed by atoms with van der Waals surface area (Å²) < 4.78 is 20.3. The Balaban J connectivity index is 2.83. The minimum atomic E-state index is -0.513. The second-order valence-corrected chi connectivity index (χ2v) is 4.81. The molecule has 1 unspecified atom stereocenters. The molecular formula is C13H18FIO. The molecule has 90 valence electrons. The zero-order valence-electron chi connectivity index (χ0n) is 9.80. The van der Waals surface area contributed by atoms with E-state index in [9.17, 15) is 4.39 Å². The fourth-order valence-electron chi connectivity index (χ4n) is 1.52. The van der Waals surface area contributed by atoms with Crippen molar-refractivity contribution >= 4 is 22.6 Å². The Morgan fingerprint density at radius 1 is 1.38 bits per heavy atom. The van der Waals surface area contributed by atoms with Crippen LogP contribution in [0.5, 0.6) is 0 Å². The maximum absolute atomic E-state index is 13.7. The monoisotopic (exact) mass is 336 g/mol. The molecule has 0 saturated carbocycles. The van der Waals surface area contributed by atoms with Crippen LogP contribution in [-0.2, 0) is 10.3 Å². The molecule has 1 rings (SSSR count). The molecule has 0 aromatic heterocycles. The van der Waals surface area contributed by atoms with E-state index in [1.165, 1.54) is 6.07 Å². The fraction of sp³-hybridized carbons (Fsp3) is 0.538. The summed E-state index contributed by atoms with van der Waals surface area (Å²) in [6.07, 6.45) is 2.11. The van der Waals surface area contributed by atoms with Gasteiger partial charge in [-0.25, -0.2) is 4.39 Å². The number of benzene rings is 1. The number of unbranched alkanes of at least 4 members (excludes halogenated alkanes) is 1. The van der Waals surface area contributed by atoms with E-state index in [0.717, 1.165) is 17.3 Å². The Hall–Kier alpha value is -0.160. The van der Waals surface area contributed by atoms with Crippen LogP contribution in [0.1, 0.15) is 32.3 Å². The molecule has 3 heteroatoms. The van der Waals surface area contributed by atoms with Gasteiger partial charge in [0.2, 0.25) is 0 Å². The first-order chi connectivity index (χ1) is 7.64. The number of ether oxygens (including phenoxy) is 1. The Bertz CT molecular complexity index is 329. The van der Waals surface area contributed by atoms with Crippen LogP contribution in [0.3, 0.4) is 0 Å². The van der Waals surface area contributed by atoms with Gasteiger partial charge in [-0.3, -0.25) is 0 Å². The SMILES string of the molecule is CCCCOC(C)(CI)c1ccccc1F. The van der Waals surface area contributed by atoms with Crippen molar-refractivity contribution in [2.24, 2.45) is 0 Å². The van der Waals surface area contributed by atoms with Gasteiger partial charge in [0.25, 0.3) is 0 Å². The molecule has 1 atom stereocenters. The van der Waals surface area contributed by atoms with E-state index < -0.39 is 5.60 Å². The van der Waals surface area contributed by atoms with Crippen LogP contribution in [0.2, 0.25) is 0 Å². The normalized spacial score (nSPS) is 14.8. The van der Waals surface area contributed by atoms with Gasteiger partial charge < -0.3 is 4.74 Å². The molecule has 0 N–H and O–H groups in total. The van der Waals surface area contributed by atoms with Gasteiger partial charge in [-0.15, -0.1) is 0 Å². The smallest absolute Gasteiger partial charge is 0.129 e. The first-order valence-electron chi connectivity index (χ1n) is 5.59. The summed E-state index contributed by atoms with van der Waals surface area (Å²) in [5.41, 5.74) is 0.140. The summed E-state index contributed by atoms with van der Waals surface area (Å²) >= 11 is 2.25. The standard InChI is InChI=1S/C13H18FIO/c1-3-4-9-16-13(2,10-15)11-7-5-6-8-12(11)14/h5-8H,3-4,9-10H2,1-2H3. The van der Waals surface area contributed by atoms with Crippen LogP contribution in [0.4, 0.5) is 4.39 Å². The predicted octanol–water partition coefficient (Wildman–Crippen LogP) is 4.29. The molecule has 0 heterocycles. The van der Waals surface area contributed by atoms with Crippen molar-refractivity contribution < 1.29 is 9.13 Å². The lowest BCUT2D eigenvalue weighted by Crippen LogP contribution is -2.29. The van der Waals surface area contributed by atoms with E-state index in [-0.39, 0.29) is 5.82 Å². The Morgan fingerprint density at radius 2 is 2.06 bits per heavy atom. The summed E-state index contributed by atoms with van der Waals surface area (Å²) in [7, 11) is 0. The highest BCUT2D eigenvalue weighted by atomic mass is 127. The zero-order chi connectivity index (χ0) is 12.0. The summed E-state index contributed by atoms with van der Waals surface area (Å²) in [6.45, 7) is 4.76. The minimum absolute atomic E-state index is 0.182. The van der Waals surface area contributed by atoms with Crippen LogP contribution >= 0.6 is 22.6 Å². The third kappa shape index (κ3) is 3.42. The molecule has 1 nitrogen and oxygen atoms in total. The molecule has 0 aliphatic heterocycles. The van der Waals surface area contributed by atoms with Gasteiger partial charge in [0.15, 0.2) is 0 Å². The third-order valence-corrected chi connectivity index (χ3v) is 4.07. The van der Waals surface area contributed by atoms with Crippen molar-refractivity contribution in [1.82, 2.24) is 0 Å². The minimum Gasteiger partial charge on any atom is -0.370 e. The second-order valence-electron chi connectivity index (χ2n) is 4.05. The van der Waals surface area contributed by atoms with Crippen molar-refractivity contribution in [2.75, 3.05) is 11.0 Å². The first-order valence-corrected chi connectivity index (χ1v) is 7.11. The van der Waals surface area contributed by atoms with E-state index in [4.69, 9.17) is 4.74 Å². The van der Waals surface area contributed by atoms with Gasteiger partial charge >= 0.3 is 0 Å². The molecule has 0 fully saturated rings. The molecule has 0 aliphatic rings. The van der Waals surface area contributed by atoms with E-state index >= 15 is 0 Å². The largest absolute Gasteiger partial charge is 0.370 e. The fourth-order valence-corrected chi connectivity index (χ4v) is 2.15. The lowest BCUT2D eigenvalue weighted by molar-refractivity contribution is -0.0191. The number of hydrogen-bond donors (Lipinski definition) is 0. The van der Waals surface area contributed by atoms with Gasteiger partial charge in [0.1, 0.15) is 11.4 Å². The maximum atomic E-state index is 13.7. The molecule has 16 heavy (non-hydrogen) atoms. The van der Waals surface area contributed by atoms with Crippen molar-refractivity contribution in [1.29, 1.82) is 0 Å². The third-order valence-electron chi connectivity index (χ3n) is 2.62. The Labute approximate surface area is 111 Å². The lowest BCUT2D eigenvalue weighted by atomic mass is 9.97. The molecule has 0 aliphatic carbocycles. The summed E-state index contributed by atoms with van der Waals surface area (Å²) in [5.74, 6) is -0.182. The highest BCUT2D eigenvalue weighted by molar-refractivity contribution is 14.1. The van der Waals surface area contributed by atoms with Crippen molar-refractivity contribution in [2.45, 2.75) is 32.3 Å². The van der Waals surface area contributed by atoms with Gasteiger partial charge in [-0.05, 0) is 19.4 Å². The Morgan fingerprint density at radius 3 is 2.62 bits per heavy atom. The molecule has 0 saturated heterocycles. The topological polar surface area (TPSA) is 9.23 Å². The summed E-state index contributed by atoms with van der Waals surface area (Å²) in [6, 6.07) is 6.85. The maximum Gasteiger partial charge on any atom is 0.129 e. The molecule has 1 aromatic carbocycles. The van der Waals surface area contributed by atoms with Crippen molar-refractivity contribution in [3.63, 3.8) is 0 Å². The van der Waals surface area contributed by atoms with Crippen LogP contribution in [0.25, 0.3) is 0 Å². The number of halogens is 2. The van der Waals surface area contributed by atoms with E-state index in [1.807, 2.05) is 13.0 Å². The van der Waals surface area contributed by atoms with Crippen molar-refractivity contribution in [3.8, 4) is 0 Å². The molecule has 0 radical (unpaired) electrons. The van der Waals surface area contributed by atoms with Crippen LogP contribution in [-0.4, -0.2) is 11.0 Å². The molecule has 0 spiro atoms. The van der Waals surface area contributed by atoms with Gasteiger partial charge in [0.05, 0.1) is 0 Å². The lowest BCUT2D eigenvalue weighted by Gasteiger charge is -2.28. The summed E-state index contributed by atoms with van der Waals surface area (Å²) in [5, 5.41) is 0. The highest BCUT2D eigenvalue weighted by Crippen LogP contribution is 2.30. The molecule has 1 aromatic rings. The van der Waals surface area contributed by atoms with Gasteiger partial charge in [-0.2, -0.15) is 0 Å². The zero-order valence-corrected chi connectivity index (χ0v) is 12.0. The highest BCUT2D eigenvalue weighted by Gasteiger charge is 2.28. The van der Waals surface area contributed by atoms with Gasteiger partial charge in [-0.1, -0.05) is 54.1 Å². The van der Waals surface area contributed by atoms with Crippen LogP contribution in [0.15, 0.2) is 24.3 Å². The molecular weight excluding hydrogens is 318 g/mol. The van der Waals surface area contributed by atoms with Gasteiger partial charge in [0, 0.05) is 16.6 Å². The van der Waals surface area contributed by atoms with Crippen LogP contribution < -0.4 is 0 Å².